The number of rotatable bonds is 2. The zero-order valence-corrected chi connectivity index (χ0v) is 12.7. The van der Waals surface area contributed by atoms with Crippen molar-refractivity contribution in [3.05, 3.63) is 40.7 Å². The van der Waals surface area contributed by atoms with Gasteiger partial charge in [-0.2, -0.15) is 9.40 Å². The molecule has 0 amide bonds. The summed E-state index contributed by atoms with van der Waals surface area (Å²) in [6.45, 7) is 4.09. The molecule has 0 aliphatic carbocycles. The topological polar surface area (TPSA) is 86.3 Å². The molecule has 0 radical (unpaired) electrons. The highest BCUT2D eigenvalue weighted by Crippen LogP contribution is 2.29. The van der Waals surface area contributed by atoms with Crippen LogP contribution in [0.25, 0.3) is 0 Å². The number of aromatic nitrogens is 2. The number of phenolic OH excluding ortho intramolecular Hbond substituents is 1. The van der Waals surface area contributed by atoms with E-state index in [1.165, 1.54) is 4.31 Å². The quantitative estimate of drug-likeness (QED) is 0.880. The molecule has 3 rings (SSSR count). The third-order valence-corrected chi connectivity index (χ3v) is 5.93. The summed E-state index contributed by atoms with van der Waals surface area (Å²) in [6.07, 6.45) is 0.644. The van der Waals surface area contributed by atoms with E-state index < -0.39 is 10.0 Å². The number of hydrogen-bond acceptors (Lipinski definition) is 4. The second kappa shape index (κ2) is 4.85. The van der Waals surface area contributed by atoms with Crippen molar-refractivity contribution in [2.45, 2.75) is 31.7 Å². The minimum Gasteiger partial charge on any atom is -0.508 e. The van der Waals surface area contributed by atoms with Crippen molar-refractivity contribution in [1.29, 1.82) is 0 Å². The average Bonchev–Trinajstić information content (AvgIpc) is 2.77. The maximum absolute atomic E-state index is 12.8. The van der Waals surface area contributed by atoms with Crippen molar-refractivity contribution in [3.63, 3.8) is 0 Å². The Kier molecular flexibility index (Phi) is 3.26. The Bertz CT molecular complexity index is 776. The number of H-pyrrole nitrogens is 1. The van der Waals surface area contributed by atoms with E-state index in [0.29, 0.717) is 24.4 Å². The Morgan fingerprint density at radius 3 is 2.71 bits per heavy atom. The fourth-order valence-electron chi connectivity index (χ4n) is 2.77. The van der Waals surface area contributed by atoms with Crippen LogP contribution in [0, 0.1) is 13.8 Å². The Hall–Kier alpha value is -1.86. The first-order valence-corrected chi connectivity index (χ1v) is 8.16. The summed E-state index contributed by atoms with van der Waals surface area (Å²) in [5.74, 6) is 0.156. The third-order valence-electron chi connectivity index (χ3n) is 3.83. The molecule has 1 aromatic carbocycles. The van der Waals surface area contributed by atoms with Crippen LogP contribution < -0.4 is 0 Å². The highest BCUT2D eigenvalue weighted by atomic mass is 32.2. The number of benzene rings is 1. The summed E-state index contributed by atoms with van der Waals surface area (Å²) in [5.41, 5.74) is 2.96. The number of aromatic amines is 1. The van der Waals surface area contributed by atoms with E-state index >= 15 is 0 Å². The molecular weight excluding hydrogens is 290 g/mol. The summed E-state index contributed by atoms with van der Waals surface area (Å²) in [6, 6.07) is 5.11. The van der Waals surface area contributed by atoms with Crippen molar-refractivity contribution >= 4 is 10.0 Å². The summed E-state index contributed by atoms with van der Waals surface area (Å²) in [7, 11) is -3.58. The van der Waals surface area contributed by atoms with E-state index in [1.807, 2.05) is 6.07 Å². The predicted octanol–water partition coefficient (Wildman–Crippen LogP) is 1.48. The zero-order chi connectivity index (χ0) is 15.2. The molecule has 1 aliphatic heterocycles. The smallest absolute Gasteiger partial charge is 0.247 e. The van der Waals surface area contributed by atoms with Crippen molar-refractivity contribution in [1.82, 2.24) is 14.5 Å². The second-order valence-corrected chi connectivity index (χ2v) is 7.18. The van der Waals surface area contributed by atoms with E-state index in [9.17, 15) is 13.5 Å². The van der Waals surface area contributed by atoms with Gasteiger partial charge >= 0.3 is 0 Å². The van der Waals surface area contributed by atoms with Gasteiger partial charge in [-0.15, -0.1) is 0 Å². The van der Waals surface area contributed by atoms with Gasteiger partial charge in [0.15, 0.2) is 0 Å². The van der Waals surface area contributed by atoms with Crippen molar-refractivity contribution in [2.75, 3.05) is 6.54 Å². The standard InChI is InChI=1S/C14H17N3O3S/c1-9-14(10(2)16-15-9)21(19,20)17-6-5-11-3-4-13(18)7-12(11)8-17/h3-4,7,18H,5-6,8H2,1-2H3,(H,15,16). The number of hydrogen-bond donors (Lipinski definition) is 2. The monoisotopic (exact) mass is 307 g/mol. The van der Waals surface area contributed by atoms with Crippen LogP contribution in [0.3, 0.4) is 0 Å². The van der Waals surface area contributed by atoms with Crippen LogP contribution in [0.2, 0.25) is 0 Å². The minimum absolute atomic E-state index is 0.156. The molecule has 1 aliphatic rings. The van der Waals surface area contributed by atoms with Gasteiger partial charge in [-0.05, 0) is 43.5 Å². The van der Waals surface area contributed by atoms with E-state index in [2.05, 4.69) is 10.2 Å². The number of nitrogens with zero attached hydrogens (tertiary/aromatic N) is 2. The van der Waals surface area contributed by atoms with Crippen LogP contribution in [0.15, 0.2) is 23.1 Å². The lowest BCUT2D eigenvalue weighted by Gasteiger charge is -2.28. The summed E-state index contributed by atoms with van der Waals surface area (Å²) in [4.78, 5) is 0.256. The van der Waals surface area contributed by atoms with Gasteiger partial charge in [0.25, 0.3) is 0 Å². The first-order chi connectivity index (χ1) is 9.89. The van der Waals surface area contributed by atoms with Crippen LogP contribution in [-0.4, -0.2) is 34.6 Å². The molecule has 7 heteroatoms. The van der Waals surface area contributed by atoms with Crippen LogP contribution in [0.1, 0.15) is 22.5 Å². The number of phenols is 1. The maximum atomic E-state index is 12.8. The fourth-order valence-corrected chi connectivity index (χ4v) is 4.52. The molecule has 0 unspecified atom stereocenters. The van der Waals surface area contributed by atoms with Crippen LogP contribution in [0.4, 0.5) is 0 Å². The molecular formula is C14H17N3O3S. The van der Waals surface area contributed by atoms with Gasteiger partial charge in [-0.25, -0.2) is 8.42 Å². The molecule has 0 atom stereocenters. The Labute approximate surface area is 123 Å². The van der Waals surface area contributed by atoms with E-state index in [-0.39, 0.29) is 17.2 Å². The molecule has 0 fully saturated rings. The minimum atomic E-state index is -3.58. The van der Waals surface area contributed by atoms with Crippen molar-refractivity contribution < 1.29 is 13.5 Å². The summed E-state index contributed by atoms with van der Waals surface area (Å²) in [5, 5.41) is 16.2. The maximum Gasteiger partial charge on any atom is 0.247 e. The highest BCUT2D eigenvalue weighted by molar-refractivity contribution is 7.89. The lowest BCUT2D eigenvalue weighted by molar-refractivity contribution is 0.388. The van der Waals surface area contributed by atoms with E-state index in [0.717, 1.165) is 11.1 Å². The molecule has 0 spiro atoms. The Morgan fingerprint density at radius 2 is 2.05 bits per heavy atom. The third kappa shape index (κ3) is 2.32. The summed E-state index contributed by atoms with van der Waals surface area (Å²) >= 11 is 0. The van der Waals surface area contributed by atoms with Gasteiger partial charge in [-0.3, -0.25) is 5.10 Å². The van der Waals surface area contributed by atoms with E-state index in [4.69, 9.17) is 0 Å². The lowest BCUT2D eigenvalue weighted by atomic mass is 10.0. The SMILES string of the molecule is Cc1n[nH]c(C)c1S(=O)(=O)N1CCc2ccc(O)cc2C1. The Morgan fingerprint density at radius 1 is 1.29 bits per heavy atom. The fraction of sp³-hybridized carbons (Fsp3) is 0.357. The average molecular weight is 307 g/mol. The molecule has 2 N–H and O–H groups in total. The number of sulfonamides is 1. The van der Waals surface area contributed by atoms with Gasteiger partial charge in [0, 0.05) is 13.1 Å². The highest BCUT2D eigenvalue weighted by Gasteiger charge is 2.32. The van der Waals surface area contributed by atoms with E-state index in [1.54, 1.807) is 26.0 Å². The molecule has 1 aromatic heterocycles. The molecule has 0 saturated heterocycles. The first kappa shape index (κ1) is 14.1. The van der Waals surface area contributed by atoms with Crippen LogP contribution in [-0.2, 0) is 23.0 Å². The molecule has 6 nitrogen and oxygen atoms in total. The number of aryl methyl sites for hydroxylation is 2. The Balaban J connectivity index is 1.99. The van der Waals surface area contributed by atoms with Gasteiger partial charge in [0.1, 0.15) is 10.6 Å². The molecule has 0 bridgehead atoms. The molecule has 112 valence electrons. The largest absolute Gasteiger partial charge is 0.508 e. The van der Waals surface area contributed by atoms with Crippen molar-refractivity contribution in [2.24, 2.45) is 0 Å². The second-order valence-electron chi connectivity index (χ2n) is 5.30. The lowest BCUT2D eigenvalue weighted by Crippen LogP contribution is -2.36. The van der Waals surface area contributed by atoms with Crippen LogP contribution >= 0.6 is 0 Å². The molecule has 21 heavy (non-hydrogen) atoms. The summed E-state index contributed by atoms with van der Waals surface area (Å²) < 4.78 is 27.0. The van der Waals surface area contributed by atoms with Gasteiger partial charge in [0.2, 0.25) is 10.0 Å². The molecule has 2 aromatic rings. The van der Waals surface area contributed by atoms with Crippen molar-refractivity contribution in [3.8, 4) is 5.75 Å². The zero-order valence-electron chi connectivity index (χ0n) is 11.9. The first-order valence-electron chi connectivity index (χ1n) is 6.72. The normalized spacial score (nSPS) is 15.9. The predicted molar refractivity (Wildman–Crippen MR) is 77.5 cm³/mol. The van der Waals surface area contributed by atoms with Gasteiger partial charge in [-0.1, -0.05) is 6.07 Å². The van der Waals surface area contributed by atoms with Gasteiger partial charge in [0.05, 0.1) is 11.4 Å². The number of nitrogens with one attached hydrogen (secondary N) is 1. The van der Waals surface area contributed by atoms with Crippen LogP contribution in [0.5, 0.6) is 5.75 Å². The molecule has 0 saturated carbocycles. The number of aromatic hydroxyl groups is 1. The van der Waals surface area contributed by atoms with Gasteiger partial charge < -0.3 is 5.11 Å². The molecule has 2 heterocycles. The number of fused-ring (bicyclic) bond motifs is 1.